The smallest absolute Gasteiger partial charge is 0.404 e. The van der Waals surface area contributed by atoms with Crippen molar-refractivity contribution in [2.75, 3.05) is 0 Å². The van der Waals surface area contributed by atoms with Crippen LogP contribution in [-0.4, -0.2) is 24.8 Å². The molecule has 0 spiro atoms. The molecule has 0 aromatic rings. The first-order chi connectivity index (χ1) is 9.41. The molecule has 4 heteroatoms. The van der Waals surface area contributed by atoms with Gasteiger partial charge in [-0.3, -0.25) is 0 Å². The third-order valence-electron chi connectivity index (χ3n) is 7.15. The molecule has 5 fully saturated rings. The summed E-state index contributed by atoms with van der Waals surface area (Å²) in [6.07, 6.45) is 7.89. The summed E-state index contributed by atoms with van der Waals surface area (Å²) in [5.41, 5.74) is 6.70. The molecule has 112 valence electrons. The van der Waals surface area contributed by atoms with Crippen LogP contribution in [0.25, 0.3) is 0 Å². The Morgan fingerprint density at radius 2 is 2.00 bits per heavy atom. The highest BCUT2D eigenvalue weighted by Gasteiger charge is 2.68. The van der Waals surface area contributed by atoms with Crippen molar-refractivity contribution in [2.24, 2.45) is 28.9 Å². The Balaban J connectivity index is 1.46. The first kappa shape index (κ1) is 13.6. The average molecular weight is 277 g/mol. The molecule has 5 rings (SSSR count). The monoisotopic (exact) mass is 277 g/mol. The molecule has 0 amide bonds. The molecule has 4 saturated carbocycles. The van der Waals surface area contributed by atoms with E-state index in [-0.39, 0.29) is 24.8 Å². The van der Waals surface area contributed by atoms with Crippen molar-refractivity contribution < 1.29 is 9.31 Å². The van der Waals surface area contributed by atoms with Crippen LogP contribution in [0.2, 0.25) is 0 Å². The molecule has 2 N–H and O–H groups in total. The lowest BCUT2D eigenvalue weighted by Crippen LogP contribution is -2.65. The van der Waals surface area contributed by atoms with Crippen LogP contribution in [0.1, 0.15) is 59.3 Å². The summed E-state index contributed by atoms with van der Waals surface area (Å²) in [6.45, 7) is 7.08. The van der Waals surface area contributed by atoms with Gasteiger partial charge in [0.25, 0.3) is 0 Å². The fraction of sp³-hybridized carbons (Fsp3) is 1.00. The SMILES string of the molecule is CC1(C)C2CC1[C@]1(C)OB([C@@H](N)CC3CCC3)O[C@@H]1C2. The third kappa shape index (κ3) is 1.71. The van der Waals surface area contributed by atoms with Crippen molar-refractivity contribution in [1.82, 2.24) is 0 Å². The summed E-state index contributed by atoms with van der Waals surface area (Å²) in [5.74, 6) is 2.33. The zero-order chi connectivity index (χ0) is 14.1. The number of rotatable bonds is 3. The molecular weight excluding hydrogens is 249 g/mol. The van der Waals surface area contributed by atoms with Crippen molar-refractivity contribution in [1.29, 1.82) is 0 Å². The second-order valence-corrected chi connectivity index (χ2v) is 8.53. The molecule has 3 nitrogen and oxygen atoms in total. The quantitative estimate of drug-likeness (QED) is 0.807. The van der Waals surface area contributed by atoms with E-state index >= 15 is 0 Å². The zero-order valence-corrected chi connectivity index (χ0v) is 13.1. The second-order valence-electron chi connectivity index (χ2n) is 8.53. The largest absolute Gasteiger partial charge is 0.475 e. The Morgan fingerprint density at radius 3 is 2.60 bits per heavy atom. The van der Waals surface area contributed by atoms with Crippen molar-refractivity contribution in [3.63, 3.8) is 0 Å². The van der Waals surface area contributed by atoms with Crippen molar-refractivity contribution >= 4 is 7.12 Å². The molecule has 5 aliphatic rings. The highest BCUT2D eigenvalue weighted by atomic mass is 16.7. The van der Waals surface area contributed by atoms with Gasteiger partial charge in [0.2, 0.25) is 0 Å². The number of hydrogen-bond acceptors (Lipinski definition) is 3. The molecule has 0 aromatic carbocycles. The molecule has 0 radical (unpaired) electrons. The van der Waals surface area contributed by atoms with Gasteiger partial charge in [-0.15, -0.1) is 0 Å². The minimum absolute atomic E-state index is 0.0584. The van der Waals surface area contributed by atoms with Crippen LogP contribution in [0.15, 0.2) is 0 Å². The molecule has 4 aliphatic carbocycles. The Labute approximate surface area is 123 Å². The molecule has 5 atom stereocenters. The summed E-state index contributed by atoms with van der Waals surface area (Å²) in [5, 5.41) is 0. The lowest BCUT2D eigenvalue weighted by Gasteiger charge is -2.64. The van der Waals surface area contributed by atoms with Crippen LogP contribution in [0.5, 0.6) is 0 Å². The van der Waals surface area contributed by atoms with Crippen LogP contribution in [-0.2, 0) is 9.31 Å². The van der Waals surface area contributed by atoms with Gasteiger partial charge in [-0.25, -0.2) is 0 Å². The van der Waals surface area contributed by atoms with Crippen LogP contribution >= 0.6 is 0 Å². The maximum absolute atomic E-state index is 6.42. The Morgan fingerprint density at radius 1 is 1.25 bits per heavy atom. The lowest BCUT2D eigenvalue weighted by molar-refractivity contribution is -0.199. The Bertz CT molecular complexity index is 411. The average Bonchev–Trinajstić information content (AvgIpc) is 2.70. The number of nitrogens with two attached hydrogens (primary N) is 1. The predicted octanol–water partition coefficient (Wildman–Crippen LogP) is 2.77. The van der Waals surface area contributed by atoms with Gasteiger partial charge in [-0.1, -0.05) is 33.1 Å². The molecule has 1 aliphatic heterocycles. The number of hydrogen-bond donors (Lipinski definition) is 1. The van der Waals surface area contributed by atoms with Gasteiger partial charge in [0.1, 0.15) is 0 Å². The van der Waals surface area contributed by atoms with Crippen molar-refractivity contribution in [2.45, 2.75) is 76.9 Å². The van der Waals surface area contributed by atoms with E-state index in [0.717, 1.165) is 24.7 Å². The first-order valence-electron chi connectivity index (χ1n) is 8.50. The van der Waals surface area contributed by atoms with Crippen molar-refractivity contribution in [3.05, 3.63) is 0 Å². The van der Waals surface area contributed by atoms with E-state index in [4.69, 9.17) is 15.0 Å². The van der Waals surface area contributed by atoms with E-state index < -0.39 is 0 Å². The van der Waals surface area contributed by atoms with Gasteiger partial charge in [0.05, 0.1) is 11.7 Å². The highest BCUT2D eigenvalue weighted by Crippen LogP contribution is 2.65. The lowest BCUT2D eigenvalue weighted by atomic mass is 9.43. The molecule has 20 heavy (non-hydrogen) atoms. The minimum atomic E-state index is -0.166. The molecular formula is C16H28BNO2. The normalized spacial score (nSPS) is 47.4. The zero-order valence-electron chi connectivity index (χ0n) is 13.1. The minimum Gasteiger partial charge on any atom is -0.404 e. The summed E-state index contributed by atoms with van der Waals surface area (Å²) in [6, 6.07) is 0. The van der Waals surface area contributed by atoms with Gasteiger partial charge in [0, 0.05) is 5.94 Å². The molecule has 2 unspecified atom stereocenters. The Kier molecular flexibility index (Phi) is 2.88. The van der Waals surface area contributed by atoms with Gasteiger partial charge >= 0.3 is 7.12 Å². The van der Waals surface area contributed by atoms with E-state index in [1.54, 1.807) is 0 Å². The molecule has 2 bridgehead atoms. The van der Waals surface area contributed by atoms with E-state index in [0.29, 0.717) is 11.3 Å². The van der Waals surface area contributed by atoms with Crippen LogP contribution in [0.4, 0.5) is 0 Å². The summed E-state index contributed by atoms with van der Waals surface area (Å²) in [4.78, 5) is 0. The van der Waals surface area contributed by atoms with Gasteiger partial charge in [0.15, 0.2) is 0 Å². The maximum atomic E-state index is 6.42. The highest BCUT2D eigenvalue weighted by molar-refractivity contribution is 6.47. The van der Waals surface area contributed by atoms with Gasteiger partial charge in [-0.2, -0.15) is 0 Å². The molecule has 0 aromatic heterocycles. The van der Waals surface area contributed by atoms with E-state index in [1.165, 1.54) is 25.7 Å². The maximum Gasteiger partial charge on any atom is 0.475 e. The first-order valence-corrected chi connectivity index (χ1v) is 8.50. The molecule has 1 saturated heterocycles. The van der Waals surface area contributed by atoms with Crippen molar-refractivity contribution in [3.8, 4) is 0 Å². The summed E-state index contributed by atoms with van der Waals surface area (Å²) >= 11 is 0. The van der Waals surface area contributed by atoms with Gasteiger partial charge in [-0.05, 0) is 49.4 Å². The predicted molar refractivity (Wildman–Crippen MR) is 80.0 cm³/mol. The van der Waals surface area contributed by atoms with Crippen LogP contribution < -0.4 is 5.73 Å². The van der Waals surface area contributed by atoms with Crippen LogP contribution in [0, 0.1) is 23.2 Å². The standard InChI is InChI=1S/C16H28BNO2/c1-15(2)11-8-12(15)16(3)13(9-11)19-17(20-16)14(18)7-10-5-4-6-10/h10-14H,4-9,18H2,1-3H3/t11?,12?,13-,14+,16+/m1/s1. The summed E-state index contributed by atoms with van der Waals surface area (Å²) < 4.78 is 12.7. The van der Waals surface area contributed by atoms with E-state index in [9.17, 15) is 0 Å². The third-order valence-corrected chi connectivity index (χ3v) is 7.15. The van der Waals surface area contributed by atoms with Crippen LogP contribution in [0.3, 0.4) is 0 Å². The fourth-order valence-electron chi connectivity index (χ4n) is 5.31. The summed E-state index contributed by atoms with van der Waals surface area (Å²) in [7, 11) is -0.166. The Hall–Kier alpha value is -0.0551. The van der Waals surface area contributed by atoms with E-state index in [2.05, 4.69) is 20.8 Å². The van der Waals surface area contributed by atoms with Gasteiger partial charge < -0.3 is 15.0 Å². The van der Waals surface area contributed by atoms with E-state index in [1.807, 2.05) is 0 Å². The topological polar surface area (TPSA) is 44.5 Å². The molecule has 1 heterocycles. The fourth-order valence-corrected chi connectivity index (χ4v) is 5.31. The second kappa shape index (κ2) is 4.24.